The van der Waals surface area contributed by atoms with Crippen LogP contribution in [-0.2, 0) is 24.6 Å². The molecule has 0 fully saturated rings. The van der Waals surface area contributed by atoms with Gasteiger partial charge in [-0.2, -0.15) is 39.5 Å². The molecule has 8 nitrogen and oxygen atoms in total. The topological polar surface area (TPSA) is 113 Å². The van der Waals surface area contributed by atoms with Crippen molar-refractivity contribution in [1.29, 1.82) is 0 Å². The van der Waals surface area contributed by atoms with Crippen LogP contribution in [-0.4, -0.2) is 89.5 Å². The van der Waals surface area contributed by atoms with E-state index in [-0.39, 0.29) is 19.6 Å². The molecule has 19 heteroatoms. The van der Waals surface area contributed by atoms with Crippen molar-refractivity contribution in [2.24, 2.45) is 0 Å². The lowest BCUT2D eigenvalue weighted by molar-refractivity contribution is -0.888. The fraction of sp³-hybridized carbons (Fsp3) is 1.00. The van der Waals surface area contributed by atoms with Crippen LogP contribution in [0.25, 0.3) is 0 Å². The number of quaternary nitrogens is 1. The molecule has 0 atom stereocenters. The van der Waals surface area contributed by atoms with E-state index >= 15 is 0 Å². The molecule has 0 aliphatic carbocycles. The maximum absolute atomic E-state index is 13.3. The van der Waals surface area contributed by atoms with Crippen LogP contribution < -0.4 is 4.72 Å². The minimum atomic E-state index is -7.25. The molecule has 0 saturated heterocycles. The summed E-state index contributed by atoms with van der Waals surface area (Å²) in [4.78, 5) is 0. The van der Waals surface area contributed by atoms with Gasteiger partial charge in [0.2, 0.25) is 10.4 Å². The Morgan fingerprint density at radius 3 is 1.59 bits per heavy atom. The highest BCUT2D eigenvalue weighted by molar-refractivity contribution is 7.90. The molecule has 0 radical (unpaired) electrons. The molecule has 0 saturated carbocycles. The van der Waals surface area contributed by atoms with E-state index in [1.807, 2.05) is 0 Å². The zero-order valence-corrected chi connectivity index (χ0v) is 18.8. The van der Waals surface area contributed by atoms with E-state index in [1.54, 1.807) is 21.0 Å². The molecule has 0 aromatic carbocycles. The second-order valence-electron chi connectivity index (χ2n) is 6.70. The highest BCUT2D eigenvalue weighted by atomic mass is 32.3. The number of halogens is 9. The third kappa shape index (κ3) is 8.81. The van der Waals surface area contributed by atoms with E-state index in [9.17, 15) is 60.9 Å². The summed E-state index contributed by atoms with van der Waals surface area (Å²) < 4.78 is 170. The van der Waals surface area contributed by atoms with Crippen molar-refractivity contribution in [2.45, 2.75) is 43.5 Å². The van der Waals surface area contributed by atoms with Crippen LogP contribution in [0.2, 0.25) is 0 Å². The van der Waals surface area contributed by atoms with Gasteiger partial charge in [-0.25, -0.2) is 21.6 Å². The second-order valence-corrected chi connectivity index (χ2v) is 9.57. The van der Waals surface area contributed by atoms with Crippen molar-refractivity contribution in [3.8, 4) is 0 Å². The fourth-order valence-corrected chi connectivity index (χ4v) is 2.98. The quantitative estimate of drug-likeness (QED) is 0.142. The lowest BCUT2D eigenvalue weighted by Gasteiger charge is -2.33. The number of nitrogens with one attached hydrogen (secondary N) is 1. The van der Waals surface area contributed by atoms with Crippen LogP contribution in [0.1, 0.15) is 20.3 Å². The molecule has 0 heterocycles. The highest BCUT2D eigenvalue weighted by Gasteiger charge is 2.85. The van der Waals surface area contributed by atoms with E-state index in [0.717, 1.165) is 4.72 Å². The molecule has 0 amide bonds. The fourth-order valence-electron chi connectivity index (χ4n) is 1.64. The normalized spacial score (nSPS) is 14.7. The van der Waals surface area contributed by atoms with Crippen molar-refractivity contribution in [3.05, 3.63) is 0 Å². The van der Waals surface area contributed by atoms with Gasteiger partial charge < -0.3 is 9.04 Å². The number of sulfonamides is 1. The number of hydrogen-bond donors (Lipinski definition) is 1. The van der Waals surface area contributed by atoms with E-state index in [0.29, 0.717) is 11.0 Å². The van der Waals surface area contributed by atoms with Gasteiger partial charge in [-0.3, -0.25) is 4.18 Å². The first-order valence-corrected chi connectivity index (χ1v) is 11.3. The summed E-state index contributed by atoms with van der Waals surface area (Å²) in [5.41, 5.74) is 0. The standard InChI is InChI=1S/C11H18F9N2O2S.C2H6O4S/c1-4-22(2,3)7-5-6-21-25(23,24)11(19,20)9(14,15)8(12,13)10(16,17)18;1-2-6-7(3,4)5/h21H,4-7H2,1-3H3;2H2,1H3,(H,3,4,5)/q+1;/p-1. The Hall–Kier alpha value is -0.890. The minimum absolute atomic E-state index is 0.0914. The molecular formula is C13H23F9N2O6S2. The van der Waals surface area contributed by atoms with E-state index in [1.165, 1.54) is 6.92 Å². The minimum Gasteiger partial charge on any atom is -0.726 e. The van der Waals surface area contributed by atoms with E-state index in [4.69, 9.17) is 0 Å². The SMILES string of the molecule is CCOS(=O)(=O)[O-].CC[N+](C)(C)CCCNS(=O)(=O)C(F)(F)C(F)(F)C(F)(F)C(F)(F)F. The molecule has 0 unspecified atom stereocenters. The number of hydrogen-bond acceptors (Lipinski definition) is 6. The number of rotatable bonds is 11. The molecule has 0 aromatic rings. The smallest absolute Gasteiger partial charge is 0.460 e. The van der Waals surface area contributed by atoms with Crippen molar-refractivity contribution in [1.82, 2.24) is 4.72 Å². The second kappa shape index (κ2) is 11.0. The van der Waals surface area contributed by atoms with Crippen LogP contribution in [0.5, 0.6) is 0 Å². The van der Waals surface area contributed by atoms with Crippen LogP contribution in [0, 0.1) is 0 Å². The maximum atomic E-state index is 13.3. The van der Waals surface area contributed by atoms with E-state index in [2.05, 4.69) is 4.18 Å². The van der Waals surface area contributed by atoms with Gasteiger partial charge in [0, 0.05) is 13.0 Å². The van der Waals surface area contributed by atoms with Crippen molar-refractivity contribution in [3.63, 3.8) is 0 Å². The average Bonchev–Trinajstić information content (AvgIpc) is 2.56. The third-order valence-corrected chi connectivity index (χ3v) is 5.84. The average molecular weight is 538 g/mol. The molecule has 196 valence electrons. The van der Waals surface area contributed by atoms with Gasteiger partial charge in [0.1, 0.15) is 0 Å². The van der Waals surface area contributed by atoms with Crippen molar-refractivity contribution in [2.75, 3.05) is 40.3 Å². The van der Waals surface area contributed by atoms with Crippen LogP contribution in [0.15, 0.2) is 0 Å². The Labute approximate surface area is 179 Å². The van der Waals surface area contributed by atoms with Crippen LogP contribution >= 0.6 is 0 Å². The molecule has 0 aliphatic heterocycles. The third-order valence-electron chi connectivity index (χ3n) is 3.80. The van der Waals surface area contributed by atoms with E-state index < -0.39 is 50.2 Å². The summed E-state index contributed by atoms with van der Waals surface area (Å²) >= 11 is 0. The molecule has 1 N–H and O–H groups in total. The molecule has 0 spiro atoms. The largest absolute Gasteiger partial charge is 0.726 e. The Kier molecular flexibility index (Phi) is 11.5. The first-order chi connectivity index (χ1) is 13.8. The molecule has 0 bridgehead atoms. The summed E-state index contributed by atoms with van der Waals surface area (Å²) in [7, 11) is -7.57. The summed E-state index contributed by atoms with van der Waals surface area (Å²) in [5, 5.41) is -6.69. The molecular weight excluding hydrogens is 515 g/mol. The predicted octanol–water partition coefficient (Wildman–Crippen LogP) is 2.30. The van der Waals surface area contributed by atoms with Gasteiger partial charge in [0.15, 0.2) is 0 Å². The zero-order chi connectivity index (χ0) is 26.4. The summed E-state index contributed by atoms with van der Waals surface area (Å²) in [6.07, 6.45) is -7.21. The highest BCUT2D eigenvalue weighted by Crippen LogP contribution is 2.54. The van der Waals surface area contributed by atoms with Crippen LogP contribution in [0.4, 0.5) is 39.5 Å². The monoisotopic (exact) mass is 538 g/mol. The molecule has 0 aromatic heterocycles. The van der Waals surface area contributed by atoms with Gasteiger partial charge >= 0.3 is 23.3 Å². The first-order valence-electron chi connectivity index (χ1n) is 8.44. The van der Waals surface area contributed by atoms with Gasteiger partial charge in [-0.05, 0) is 13.8 Å². The Morgan fingerprint density at radius 2 is 1.31 bits per heavy atom. The molecule has 0 aliphatic rings. The number of nitrogens with zero attached hydrogens (tertiary/aromatic N) is 1. The summed E-state index contributed by atoms with van der Waals surface area (Å²) in [5.74, 6) is -14.5. The lowest BCUT2D eigenvalue weighted by atomic mass is 10.1. The zero-order valence-electron chi connectivity index (χ0n) is 17.2. The maximum Gasteiger partial charge on any atom is 0.460 e. The molecule has 32 heavy (non-hydrogen) atoms. The van der Waals surface area contributed by atoms with Crippen molar-refractivity contribution < 1.29 is 69.6 Å². The van der Waals surface area contributed by atoms with Gasteiger partial charge in [-0.15, -0.1) is 0 Å². The predicted molar refractivity (Wildman–Crippen MR) is 91.3 cm³/mol. The van der Waals surface area contributed by atoms with Gasteiger partial charge in [0.25, 0.3) is 10.0 Å². The number of alkyl halides is 9. The lowest BCUT2D eigenvalue weighted by Crippen LogP contribution is -2.65. The first kappa shape index (κ1) is 33.3. The Bertz CT molecular complexity index is 799. The summed E-state index contributed by atoms with van der Waals surface area (Å²) in [6.45, 7) is 3.01. The van der Waals surface area contributed by atoms with Gasteiger partial charge in [0.05, 0.1) is 33.8 Å². The Balaban J connectivity index is 0. The Morgan fingerprint density at radius 1 is 0.875 bits per heavy atom. The molecule has 0 rings (SSSR count). The summed E-state index contributed by atoms with van der Waals surface area (Å²) in [6, 6.07) is 0. The van der Waals surface area contributed by atoms with Gasteiger partial charge in [-0.1, -0.05) is 0 Å². The van der Waals surface area contributed by atoms with Crippen molar-refractivity contribution >= 4 is 20.4 Å². The van der Waals surface area contributed by atoms with Crippen LogP contribution in [0.3, 0.4) is 0 Å².